The molecule has 0 saturated heterocycles. The molecule has 3 nitrogen and oxygen atoms in total. The average Bonchev–Trinajstić information content (AvgIpc) is 2.56. The lowest BCUT2D eigenvalue weighted by Gasteiger charge is -2.13. The predicted octanol–water partition coefficient (Wildman–Crippen LogP) is 5.29. The van der Waals surface area contributed by atoms with Gasteiger partial charge in [-0.2, -0.15) is 5.26 Å². The van der Waals surface area contributed by atoms with Crippen LogP contribution in [0, 0.1) is 16.7 Å². The van der Waals surface area contributed by atoms with E-state index >= 15 is 0 Å². The summed E-state index contributed by atoms with van der Waals surface area (Å²) in [6, 6.07) is 10.2. The van der Waals surface area contributed by atoms with Crippen LogP contribution in [0.1, 0.15) is 51.0 Å². The number of nitrogens with zero attached hydrogens (tertiary/aromatic N) is 1. The molecule has 0 unspecified atom stereocenters. The number of rotatable bonds is 7. The van der Waals surface area contributed by atoms with Gasteiger partial charge in [0, 0.05) is 18.6 Å². The van der Waals surface area contributed by atoms with Crippen molar-refractivity contribution >= 4 is 11.8 Å². The Hall–Kier alpha value is -2.34. The van der Waals surface area contributed by atoms with Gasteiger partial charge in [0.25, 0.3) is 0 Å². The molecule has 0 amide bonds. The number of allylic oxidation sites excluding steroid dienone is 3. The lowest BCUT2D eigenvalue weighted by molar-refractivity contribution is 0.305. The van der Waals surface area contributed by atoms with Gasteiger partial charge in [-0.3, -0.25) is 0 Å². The van der Waals surface area contributed by atoms with Gasteiger partial charge in [0.05, 0.1) is 18.2 Å². The summed E-state index contributed by atoms with van der Waals surface area (Å²) in [5, 5.41) is 17.0. The third-order valence-corrected chi connectivity index (χ3v) is 3.91. The van der Waals surface area contributed by atoms with E-state index in [9.17, 15) is 5.26 Å². The quantitative estimate of drug-likeness (QED) is 0.695. The molecule has 1 aliphatic carbocycles. The zero-order chi connectivity index (χ0) is 16.5. The molecule has 0 saturated carbocycles. The van der Waals surface area contributed by atoms with Gasteiger partial charge in [-0.1, -0.05) is 50.5 Å². The number of nitriles is 1. The normalized spacial score (nSPS) is 16.1. The molecule has 0 heterocycles. The van der Waals surface area contributed by atoms with Crippen LogP contribution in [0.3, 0.4) is 0 Å². The number of ether oxygens (including phenoxy) is 1. The first-order chi connectivity index (χ1) is 11.2. The number of unbranched alkanes of at least 4 members (excludes halogenated alkanes) is 3. The maximum absolute atomic E-state index is 9.18. The Morgan fingerprint density at radius 2 is 2.00 bits per heavy atom. The molecule has 1 N–H and O–H groups in total. The van der Waals surface area contributed by atoms with E-state index in [0.29, 0.717) is 24.1 Å². The van der Waals surface area contributed by atoms with E-state index in [0.717, 1.165) is 29.9 Å². The molecule has 0 bridgehead atoms. The van der Waals surface area contributed by atoms with Crippen LogP contribution >= 0.6 is 0 Å². The largest absolute Gasteiger partial charge is 0.494 e. The highest BCUT2D eigenvalue weighted by atomic mass is 16.5. The Morgan fingerprint density at radius 3 is 2.70 bits per heavy atom. The van der Waals surface area contributed by atoms with Gasteiger partial charge in [-0.25, -0.2) is 0 Å². The molecule has 1 aromatic carbocycles. The maximum Gasteiger partial charge on any atom is 0.119 e. The monoisotopic (exact) mass is 308 g/mol. The summed E-state index contributed by atoms with van der Waals surface area (Å²) in [5.74, 6) is 0.885. The smallest absolute Gasteiger partial charge is 0.119 e. The van der Waals surface area contributed by atoms with Crippen LogP contribution in [0.25, 0.3) is 6.08 Å². The second-order valence-electron chi connectivity index (χ2n) is 5.86. The van der Waals surface area contributed by atoms with E-state index in [1.54, 1.807) is 0 Å². The second-order valence-corrected chi connectivity index (χ2v) is 5.86. The van der Waals surface area contributed by atoms with Crippen LogP contribution in [0.2, 0.25) is 0 Å². The summed E-state index contributed by atoms with van der Waals surface area (Å²) < 4.78 is 5.74. The number of hydrogen-bond acceptors (Lipinski definition) is 3. The SMILES string of the molecule is CCCCCCOc1ccc(C=C2CC(=N)CC=C2C#N)cc1. The fourth-order valence-corrected chi connectivity index (χ4v) is 2.58. The van der Waals surface area contributed by atoms with Crippen LogP contribution in [0.4, 0.5) is 0 Å². The molecule has 0 fully saturated rings. The molecule has 2 rings (SSSR count). The van der Waals surface area contributed by atoms with Gasteiger partial charge in [-0.15, -0.1) is 0 Å². The number of benzene rings is 1. The molecular weight excluding hydrogens is 284 g/mol. The summed E-state index contributed by atoms with van der Waals surface area (Å²) in [5.41, 5.74) is 3.31. The van der Waals surface area contributed by atoms with Gasteiger partial charge >= 0.3 is 0 Å². The van der Waals surface area contributed by atoms with Crippen molar-refractivity contribution in [3.05, 3.63) is 47.1 Å². The predicted molar refractivity (Wildman–Crippen MR) is 94.7 cm³/mol. The lowest BCUT2D eigenvalue weighted by Crippen LogP contribution is -2.05. The Labute approximate surface area is 138 Å². The summed E-state index contributed by atoms with van der Waals surface area (Å²) in [4.78, 5) is 0. The first kappa shape index (κ1) is 17.0. The van der Waals surface area contributed by atoms with E-state index < -0.39 is 0 Å². The van der Waals surface area contributed by atoms with Crippen molar-refractivity contribution in [2.75, 3.05) is 6.61 Å². The van der Waals surface area contributed by atoms with Gasteiger partial charge in [0.1, 0.15) is 5.75 Å². The highest BCUT2D eigenvalue weighted by Gasteiger charge is 2.13. The van der Waals surface area contributed by atoms with E-state index in [1.165, 1.54) is 19.3 Å². The molecule has 0 spiro atoms. The van der Waals surface area contributed by atoms with Crippen molar-refractivity contribution in [2.24, 2.45) is 0 Å². The van der Waals surface area contributed by atoms with Gasteiger partial charge < -0.3 is 10.1 Å². The minimum absolute atomic E-state index is 0.565. The fourth-order valence-electron chi connectivity index (χ4n) is 2.58. The van der Waals surface area contributed by atoms with Crippen LogP contribution in [0.5, 0.6) is 5.75 Å². The van der Waals surface area contributed by atoms with E-state index in [4.69, 9.17) is 10.1 Å². The van der Waals surface area contributed by atoms with Crippen LogP contribution in [-0.2, 0) is 0 Å². The minimum Gasteiger partial charge on any atom is -0.494 e. The third kappa shape index (κ3) is 5.41. The van der Waals surface area contributed by atoms with Crippen molar-refractivity contribution in [3.63, 3.8) is 0 Å². The molecule has 23 heavy (non-hydrogen) atoms. The molecule has 120 valence electrons. The fraction of sp³-hybridized carbons (Fsp3) is 0.400. The van der Waals surface area contributed by atoms with Crippen molar-refractivity contribution in [3.8, 4) is 11.8 Å². The molecule has 0 aliphatic heterocycles. The standard InChI is InChI=1S/C20H24N2O/c1-2-3-4-5-12-23-20-10-6-16(7-11-20)13-18-14-19(22)9-8-17(18)15-21/h6-8,10-11,13,22H,2-5,9,12,14H2,1H3. The van der Waals surface area contributed by atoms with Crippen LogP contribution in [0.15, 0.2) is 41.5 Å². The molecule has 3 heteroatoms. The molecule has 1 aliphatic rings. The molecular formula is C20H24N2O. The first-order valence-electron chi connectivity index (χ1n) is 8.33. The van der Waals surface area contributed by atoms with Crippen molar-refractivity contribution in [1.82, 2.24) is 0 Å². The Bertz CT molecular complexity index is 633. The number of hydrogen-bond donors (Lipinski definition) is 1. The summed E-state index contributed by atoms with van der Waals surface area (Å²) >= 11 is 0. The first-order valence-corrected chi connectivity index (χ1v) is 8.33. The Morgan fingerprint density at radius 1 is 1.22 bits per heavy atom. The molecule has 0 aromatic heterocycles. The summed E-state index contributed by atoms with van der Waals surface area (Å²) in [7, 11) is 0. The van der Waals surface area contributed by atoms with Gasteiger partial charge in [0.2, 0.25) is 0 Å². The zero-order valence-corrected chi connectivity index (χ0v) is 13.8. The van der Waals surface area contributed by atoms with E-state index in [2.05, 4.69) is 13.0 Å². The van der Waals surface area contributed by atoms with Crippen LogP contribution in [-0.4, -0.2) is 12.3 Å². The molecule has 0 atom stereocenters. The van der Waals surface area contributed by atoms with Gasteiger partial charge in [0.15, 0.2) is 0 Å². The Balaban J connectivity index is 1.95. The second kappa shape index (κ2) is 8.95. The molecule has 0 radical (unpaired) electrons. The highest BCUT2D eigenvalue weighted by Crippen LogP contribution is 2.24. The number of nitrogens with one attached hydrogen (secondary N) is 1. The topological polar surface area (TPSA) is 56.9 Å². The van der Waals surface area contributed by atoms with Crippen molar-refractivity contribution < 1.29 is 4.74 Å². The van der Waals surface area contributed by atoms with Crippen molar-refractivity contribution in [2.45, 2.75) is 45.4 Å². The van der Waals surface area contributed by atoms with E-state index in [-0.39, 0.29) is 0 Å². The lowest BCUT2D eigenvalue weighted by atomic mass is 9.91. The molecule has 1 aromatic rings. The average molecular weight is 308 g/mol. The summed E-state index contributed by atoms with van der Waals surface area (Å²) in [6.07, 6.45) is 9.80. The Kier molecular flexibility index (Phi) is 6.62. The highest BCUT2D eigenvalue weighted by molar-refractivity contribution is 5.90. The van der Waals surface area contributed by atoms with Crippen molar-refractivity contribution in [1.29, 1.82) is 10.7 Å². The zero-order valence-electron chi connectivity index (χ0n) is 13.8. The van der Waals surface area contributed by atoms with Gasteiger partial charge in [-0.05, 0) is 29.7 Å². The van der Waals surface area contributed by atoms with E-state index in [1.807, 2.05) is 36.4 Å². The maximum atomic E-state index is 9.18. The minimum atomic E-state index is 0.565. The third-order valence-electron chi connectivity index (χ3n) is 3.91. The summed E-state index contributed by atoms with van der Waals surface area (Å²) in [6.45, 7) is 2.97. The van der Waals surface area contributed by atoms with Crippen LogP contribution < -0.4 is 4.74 Å².